The topological polar surface area (TPSA) is 69.6 Å². The summed E-state index contributed by atoms with van der Waals surface area (Å²) in [5.74, 6) is -3.29. The Bertz CT molecular complexity index is 466. The van der Waals surface area contributed by atoms with Crippen LogP contribution < -0.4 is 5.32 Å². The summed E-state index contributed by atoms with van der Waals surface area (Å²) in [6.07, 6.45) is 2.27. The Labute approximate surface area is 109 Å². The molecule has 2 rings (SSSR count). The van der Waals surface area contributed by atoms with E-state index in [2.05, 4.69) is 5.32 Å². The van der Waals surface area contributed by atoms with E-state index in [0.717, 1.165) is 12.8 Å². The summed E-state index contributed by atoms with van der Waals surface area (Å²) in [5.41, 5.74) is -0.565. The molecule has 0 heterocycles. The highest BCUT2D eigenvalue weighted by Gasteiger charge is 2.33. The van der Waals surface area contributed by atoms with E-state index in [1.54, 1.807) is 0 Å². The summed E-state index contributed by atoms with van der Waals surface area (Å²) >= 11 is 0. The Balaban J connectivity index is 2.15. The van der Waals surface area contributed by atoms with Gasteiger partial charge in [0.25, 0.3) is 5.91 Å². The van der Waals surface area contributed by atoms with Crippen molar-refractivity contribution < 1.29 is 23.8 Å². The molecule has 1 aromatic rings. The molecule has 1 fully saturated rings. The van der Waals surface area contributed by atoms with Crippen LogP contribution in [0.25, 0.3) is 0 Å². The minimum atomic E-state index is -1.10. The fraction of sp³-hybridized carbons (Fsp3) is 0.462. The first-order chi connectivity index (χ1) is 9.02. The van der Waals surface area contributed by atoms with E-state index < -0.39 is 28.9 Å². The average molecular weight is 271 g/mol. The van der Waals surface area contributed by atoms with Crippen molar-refractivity contribution in [3.8, 4) is 5.75 Å². The molecule has 1 aliphatic carbocycles. The lowest BCUT2D eigenvalue weighted by molar-refractivity contribution is 0.0917. The van der Waals surface area contributed by atoms with Gasteiger partial charge >= 0.3 is 0 Å². The fourth-order valence-electron chi connectivity index (χ4n) is 2.09. The summed E-state index contributed by atoms with van der Waals surface area (Å²) in [4.78, 5) is 11.9. The highest BCUT2D eigenvalue weighted by atomic mass is 19.1. The van der Waals surface area contributed by atoms with Gasteiger partial charge in [-0.3, -0.25) is 4.79 Å². The van der Waals surface area contributed by atoms with Gasteiger partial charge < -0.3 is 15.5 Å². The maximum Gasteiger partial charge on any atom is 0.258 e. The molecular formula is C13H15F2NO3. The number of halogens is 2. The SMILES string of the molecule is O=C(NC(CCO)C1CC1)c1c(O)cc(F)cc1F. The van der Waals surface area contributed by atoms with Gasteiger partial charge in [0, 0.05) is 24.8 Å². The predicted molar refractivity (Wildman–Crippen MR) is 63.7 cm³/mol. The predicted octanol–water partition coefficient (Wildman–Crippen LogP) is 1.56. The molecule has 19 heavy (non-hydrogen) atoms. The van der Waals surface area contributed by atoms with Gasteiger partial charge in [-0.15, -0.1) is 0 Å². The Morgan fingerprint density at radius 2 is 2.11 bits per heavy atom. The number of hydrogen-bond donors (Lipinski definition) is 3. The van der Waals surface area contributed by atoms with E-state index >= 15 is 0 Å². The molecule has 0 aliphatic heterocycles. The van der Waals surface area contributed by atoms with Crippen molar-refractivity contribution >= 4 is 5.91 Å². The van der Waals surface area contributed by atoms with Crippen molar-refractivity contribution in [2.45, 2.75) is 25.3 Å². The Morgan fingerprint density at radius 1 is 1.42 bits per heavy atom. The fourth-order valence-corrected chi connectivity index (χ4v) is 2.09. The number of phenols is 1. The zero-order valence-electron chi connectivity index (χ0n) is 10.2. The van der Waals surface area contributed by atoms with Crippen LogP contribution in [0.2, 0.25) is 0 Å². The number of carbonyl (C=O) groups excluding carboxylic acids is 1. The molecule has 4 nitrogen and oxygen atoms in total. The van der Waals surface area contributed by atoms with Crippen molar-refractivity contribution in [3.63, 3.8) is 0 Å². The number of amides is 1. The second-order valence-corrected chi connectivity index (χ2v) is 4.71. The van der Waals surface area contributed by atoms with E-state index in [0.29, 0.717) is 18.6 Å². The molecule has 0 radical (unpaired) electrons. The van der Waals surface area contributed by atoms with Gasteiger partial charge in [0.05, 0.1) is 0 Å². The van der Waals surface area contributed by atoms with E-state index in [9.17, 15) is 18.7 Å². The molecule has 104 valence electrons. The first-order valence-corrected chi connectivity index (χ1v) is 6.12. The number of carbonyl (C=O) groups is 1. The smallest absolute Gasteiger partial charge is 0.258 e. The Morgan fingerprint density at radius 3 is 2.63 bits per heavy atom. The zero-order chi connectivity index (χ0) is 14.0. The molecule has 3 N–H and O–H groups in total. The van der Waals surface area contributed by atoms with Gasteiger partial charge in [0.2, 0.25) is 0 Å². The molecule has 0 saturated heterocycles. The van der Waals surface area contributed by atoms with E-state index in [-0.39, 0.29) is 18.6 Å². The van der Waals surface area contributed by atoms with Gasteiger partial charge in [-0.1, -0.05) is 0 Å². The maximum absolute atomic E-state index is 13.5. The van der Waals surface area contributed by atoms with Crippen molar-refractivity contribution in [1.82, 2.24) is 5.32 Å². The summed E-state index contributed by atoms with van der Waals surface area (Å²) in [5, 5.41) is 20.9. The highest BCUT2D eigenvalue weighted by molar-refractivity contribution is 5.97. The molecule has 1 saturated carbocycles. The van der Waals surface area contributed by atoms with Crippen LogP contribution in [0.1, 0.15) is 29.6 Å². The Hall–Kier alpha value is -1.69. The van der Waals surface area contributed by atoms with E-state index in [1.807, 2.05) is 0 Å². The van der Waals surface area contributed by atoms with Crippen LogP contribution in [0, 0.1) is 17.6 Å². The molecular weight excluding hydrogens is 256 g/mol. The second-order valence-electron chi connectivity index (χ2n) is 4.71. The third-order valence-electron chi connectivity index (χ3n) is 3.21. The summed E-state index contributed by atoms with van der Waals surface area (Å²) < 4.78 is 26.3. The summed E-state index contributed by atoms with van der Waals surface area (Å²) in [6, 6.07) is 0.990. The Kier molecular flexibility index (Phi) is 3.99. The van der Waals surface area contributed by atoms with Gasteiger partial charge in [0.1, 0.15) is 22.9 Å². The average Bonchev–Trinajstić information content (AvgIpc) is 3.10. The second kappa shape index (κ2) is 5.52. The van der Waals surface area contributed by atoms with Crippen molar-refractivity contribution in [2.75, 3.05) is 6.61 Å². The van der Waals surface area contributed by atoms with Crippen LogP contribution in [0.3, 0.4) is 0 Å². The van der Waals surface area contributed by atoms with E-state index in [1.165, 1.54) is 0 Å². The third-order valence-corrected chi connectivity index (χ3v) is 3.21. The minimum absolute atomic E-state index is 0.0840. The highest BCUT2D eigenvalue weighted by Crippen LogP contribution is 2.34. The van der Waals surface area contributed by atoms with E-state index in [4.69, 9.17) is 5.11 Å². The number of aromatic hydroxyl groups is 1. The molecule has 1 amide bonds. The van der Waals surface area contributed by atoms with Crippen LogP contribution >= 0.6 is 0 Å². The molecule has 6 heteroatoms. The molecule has 0 bridgehead atoms. The molecule has 1 aliphatic rings. The molecule has 1 aromatic carbocycles. The number of phenolic OH excluding ortho intramolecular Hbond substituents is 1. The summed E-state index contributed by atoms with van der Waals surface area (Å²) in [7, 11) is 0. The van der Waals surface area contributed by atoms with Crippen LogP contribution in [0.15, 0.2) is 12.1 Å². The lowest BCUT2D eigenvalue weighted by Crippen LogP contribution is -2.37. The van der Waals surface area contributed by atoms with Crippen LogP contribution in [0.5, 0.6) is 5.75 Å². The summed E-state index contributed by atoms with van der Waals surface area (Å²) in [6.45, 7) is -0.0840. The number of nitrogens with one attached hydrogen (secondary N) is 1. The third kappa shape index (κ3) is 3.20. The quantitative estimate of drug-likeness (QED) is 0.761. The minimum Gasteiger partial charge on any atom is -0.507 e. The number of rotatable bonds is 5. The van der Waals surface area contributed by atoms with Crippen molar-refractivity contribution in [1.29, 1.82) is 0 Å². The largest absolute Gasteiger partial charge is 0.507 e. The van der Waals surface area contributed by atoms with Crippen LogP contribution in [-0.4, -0.2) is 28.8 Å². The first kappa shape index (κ1) is 13.7. The number of aliphatic hydroxyl groups excluding tert-OH is 1. The standard InChI is InChI=1S/C13H15F2NO3/c14-8-5-9(15)12(11(18)6-8)13(19)16-10(3-4-17)7-1-2-7/h5-7,10,17-18H,1-4H2,(H,16,19). The maximum atomic E-state index is 13.5. The number of hydrogen-bond acceptors (Lipinski definition) is 3. The van der Waals surface area contributed by atoms with Crippen molar-refractivity contribution in [3.05, 3.63) is 29.3 Å². The van der Waals surface area contributed by atoms with Crippen LogP contribution in [0.4, 0.5) is 8.78 Å². The monoisotopic (exact) mass is 271 g/mol. The van der Waals surface area contributed by atoms with Gasteiger partial charge in [-0.05, 0) is 25.2 Å². The zero-order valence-corrected chi connectivity index (χ0v) is 10.2. The van der Waals surface area contributed by atoms with Crippen molar-refractivity contribution in [2.24, 2.45) is 5.92 Å². The lowest BCUT2D eigenvalue weighted by Gasteiger charge is -2.17. The number of benzene rings is 1. The van der Waals surface area contributed by atoms with Gasteiger partial charge in [-0.2, -0.15) is 0 Å². The van der Waals surface area contributed by atoms with Gasteiger partial charge in [0.15, 0.2) is 0 Å². The lowest BCUT2D eigenvalue weighted by atomic mass is 10.1. The molecule has 0 aromatic heterocycles. The van der Waals surface area contributed by atoms with Crippen LogP contribution in [-0.2, 0) is 0 Å². The van der Waals surface area contributed by atoms with Gasteiger partial charge in [-0.25, -0.2) is 8.78 Å². The molecule has 1 unspecified atom stereocenters. The normalized spacial score (nSPS) is 16.2. The first-order valence-electron chi connectivity index (χ1n) is 6.12. The number of aliphatic hydroxyl groups is 1. The molecule has 1 atom stereocenters. The molecule has 0 spiro atoms.